The van der Waals surface area contributed by atoms with Gasteiger partial charge < -0.3 is 50.3 Å². The predicted octanol–water partition coefficient (Wildman–Crippen LogP) is -1.56. The molecule has 0 amide bonds. The Balaban J connectivity index is 1.37. The van der Waals surface area contributed by atoms with Crippen LogP contribution in [0.15, 0.2) is 36.4 Å². The Morgan fingerprint density at radius 1 is 0.590 bits per heavy atom. The highest BCUT2D eigenvalue weighted by Crippen LogP contribution is 2.35. The summed E-state index contributed by atoms with van der Waals surface area (Å²) < 4.78 is 12.8. The van der Waals surface area contributed by atoms with E-state index >= 15 is 0 Å². The number of hydrogen-bond acceptors (Lipinski definition) is 11. The zero-order chi connectivity index (χ0) is 27.8. The van der Waals surface area contributed by atoms with Crippen molar-refractivity contribution in [1.29, 1.82) is 0 Å². The fourth-order valence-electron chi connectivity index (χ4n) is 4.68. The largest absolute Gasteiger partial charge is 0.394 e. The molecule has 2 saturated heterocycles. The average molecular weight is 557 g/mol. The van der Waals surface area contributed by atoms with Crippen molar-refractivity contribution < 1.29 is 50.3 Å². The van der Waals surface area contributed by atoms with Crippen molar-refractivity contribution in [2.45, 2.75) is 61.0 Å². The maximum atomic E-state index is 10.2. The lowest BCUT2D eigenvalue weighted by Gasteiger charge is -2.37. The van der Waals surface area contributed by atoms with Crippen molar-refractivity contribution in [1.82, 2.24) is 0 Å². The SMILES string of the molecule is OCC1OC(C#Cc2ccc3c(c2)sc2cc(C#CC4OC(CO)C(O)C(O)C4O)ccc23)C(O)C(O)C1O. The zero-order valence-electron chi connectivity index (χ0n) is 20.5. The summed E-state index contributed by atoms with van der Waals surface area (Å²) in [6.07, 6.45) is -12.9. The molecule has 0 spiro atoms. The minimum Gasteiger partial charge on any atom is -0.394 e. The fraction of sp³-hybridized carbons (Fsp3) is 0.429. The highest BCUT2D eigenvalue weighted by molar-refractivity contribution is 7.25. The Kier molecular flexibility index (Phi) is 8.21. The van der Waals surface area contributed by atoms with Crippen LogP contribution in [0.25, 0.3) is 20.2 Å². The zero-order valence-corrected chi connectivity index (χ0v) is 21.3. The van der Waals surface area contributed by atoms with Gasteiger partial charge in [-0.25, -0.2) is 0 Å². The van der Waals surface area contributed by atoms with Gasteiger partial charge in [0.25, 0.3) is 0 Å². The summed E-state index contributed by atoms with van der Waals surface area (Å²) in [5, 5.41) is 80.9. The Morgan fingerprint density at radius 3 is 1.38 bits per heavy atom. The van der Waals surface area contributed by atoms with Crippen LogP contribution in [0.2, 0.25) is 0 Å². The van der Waals surface area contributed by atoms with Crippen molar-refractivity contribution in [2.75, 3.05) is 13.2 Å². The van der Waals surface area contributed by atoms with Crippen molar-refractivity contribution in [3.63, 3.8) is 0 Å². The summed E-state index contributed by atoms with van der Waals surface area (Å²) in [7, 11) is 0. The first-order valence-corrected chi connectivity index (χ1v) is 13.1. The fourth-order valence-corrected chi connectivity index (χ4v) is 5.87. The normalized spacial score (nSPS) is 34.8. The number of aliphatic hydroxyl groups excluding tert-OH is 8. The number of rotatable bonds is 2. The molecule has 10 atom stereocenters. The molecular formula is C28H28O10S. The standard InChI is InChI=1S/C28H28O10S/c29-11-19-25(33)27(35)23(31)17(37-19)7-3-13-1-5-15-16-6-2-14(10-22(16)39-21(15)9-13)4-8-18-24(32)28(36)26(34)20(12-30)38-18/h1-2,5-6,9-10,17-20,23-36H,11-12H2. The summed E-state index contributed by atoms with van der Waals surface area (Å²) in [4.78, 5) is 0. The van der Waals surface area contributed by atoms with Gasteiger partial charge in [0.2, 0.25) is 0 Å². The van der Waals surface area contributed by atoms with E-state index in [1.165, 1.54) is 11.3 Å². The molecule has 0 saturated carbocycles. The van der Waals surface area contributed by atoms with Crippen LogP contribution in [-0.4, -0.2) is 115 Å². The Hall–Kier alpha value is -2.62. The maximum absolute atomic E-state index is 10.2. The average Bonchev–Trinajstić information content (AvgIpc) is 3.31. The molecule has 3 heterocycles. The summed E-state index contributed by atoms with van der Waals surface area (Å²) in [5.74, 6) is 11.4. The topological polar surface area (TPSA) is 180 Å². The molecule has 39 heavy (non-hydrogen) atoms. The number of fused-ring (bicyclic) bond motifs is 3. The molecule has 3 aromatic rings. The number of ether oxygens (including phenoxy) is 2. The third kappa shape index (κ3) is 5.41. The second-order valence-electron chi connectivity index (χ2n) is 9.56. The highest BCUT2D eigenvalue weighted by Gasteiger charge is 2.43. The van der Waals surface area contributed by atoms with Gasteiger partial charge in [-0.1, -0.05) is 35.8 Å². The van der Waals surface area contributed by atoms with Crippen LogP contribution in [-0.2, 0) is 9.47 Å². The summed E-state index contributed by atoms with van der Waals surface area (Å²) in [6.45, 7) is -1.04. The van der Waals surface area contributed by atoms with Crippen LogP contribution >= 0.6 is 11.3 Å². The van der Waals surface area contributed by atoms with E-state index in [-0.39, 0.29) is 0 Å². The Labute approximate surface area is 227 Å². The minimum absolute atomic E-state index is 0.522. The second kappa shape index (κ2) is 11.5. The molecule has 2 aromatic carbocycles. The molecule has 5 rings (SSSR count). The van der Waals surface area contributed by atoms with Crippen molar-refractivity contribution in [3.8, 4) is 23.7 Å². The van der Waals surface area contributed by atoms with Crippen molar-refractivity contribution in [2.24, 2.45) is 0 Å². The first kappa shape index (κ1) is 27.9. The maximum Gasteiger partial charge on any atom is 0.147 e. The van der Waals surface area contributed by atoms with E-state index in [4.69, 9.17) is 9.47 Å². The third-order valence-corrected chi connectivity index (χ3v) is 8.09. The van der Waals surface area contributed by atoms with Gasteiger partial charge in [0, 0.05) is 31.3 Å². The van der Waals surface area contributed by atoms with E-state index in [9.17, 15) is 40.9 Å². The van der Waals surface area contributed by atoms with Crippen molar-refractivity contribution in [3.05, 3.63) is 47.5 Å². The molecule has 8 N–H and O–H groups in total. The predicted molar refractivity (Wildman–Crippen MR) is 141 cm³/mol. The van der Waals surface area contributed by atoms with Crippen LogP contribution in [0.4, 0.5) is 0 Å². The minimum atomic E-state index is -1.49. The van der Waals surface area contributed by atoms with E-state index < -0.39 is 74.3 Å². The highest BCUT2D eigenvalue weighted by atomic mass is 32.1. The molecule has 0 radical (unpaired) electrons. The molecule has 2 aliphatic heterocycles. The van der Waals surface area contributed by atoms with Gasteiger partial charge in [-0.2, -0.15) is 0 Å². The van der Waals surface area contributed by atoms with E-state index in [1.54, 1.807) is 0 Å². The Bertz CT molecular complexity index is 1350. The van der Waals surface area contributed by atoms with E-state index in [2.05, 4.69) is 23.7 Å². The van der Waals surface area contributed by atoms with Crippen LogP contribution in [0.5, 0.6) is 0 Å². The summed E-state index contributed by atoms with van der Waals surface area (Å²) in [5.41, 5.74) is 1.29. The lowest BCUT2D eigenvalue weighted by Crippen LogP contribution is -2.58. The molecule has 0 bridgehead atoms. The van der Waals surface area contributed by atoms with E-state index in [0.29, 0.717) is 11.1 Å². The number of benzene rings is 2. The van der Waals surface area contributed by atoms with Gasteiger partial charge in [0.05, 0.1) is 13.2 Å². The Morgan fingerprint density at radius 2 is 1.00 bits per heavy atom. The quantitative estimate of drug-likeness (QED) is 0.172. The smallest absolute Gasteiger partial charge is 0.147 e. The van der Waals surface area contributed by atoms with Gasteiger partial charge in [0.1, 0.15) is 61.0 Å². The monoisotopic (exact) mass is 556 g/mol. The molecular weight excluding hydrogens is 528 g/mol. The second-order valence-corrected chi connectivity index (χ2v) is 10.6. The van der Waals surface area contributed by atoms with Crippen LogP contribution in [0.1, 0.15) is 11.1 Å². The lowest BCUT2D eigenvalue weighted by molar-refractivity contribution is -0.214. The molecule has 0 aliphatic carbocycles. The number of thiophene rings is 1. The third-order valence-electron chi connectivity index (χ3n) is 6.98. The number of aliphatic hydroxyl groups is 8. The molecule has 2 fully saturated rings. The first-order valence-electron chi connectivity index (χ1n) is 12.3. The van der Waals surface area contributed by atoms with Crippen LogP contribution in [0.3, 0.4) is 0 Å². The van der Waals surface area contributed by atoms with E-state index in [0.717, 1.165) is 20.2 Å². The number of hydrogen-bond donors (Lipinski definition) is 8. The molecule has 10 unspecified atom stereocenters. The van der Waals surface area contributed by atoms with Crippen LogP contribution < -0.4 is 0 Å². The molecule has 1 aromatic heterocycles. The van der Waals surface area contributed by atoms with Gasteiger partial charge >= 0.3 is 0 Å². The van der Waals surface area contributed by atoms with Crippen LogP contribution in [0, 0.1) is 23.7 Å². The molecule has 11 heteroatoms. The molecule has 206 valence electrons. The van der Waals surface area contributed by atoms with Gasteiger partial charge in [0.15, 0.2) is 0 Å². The van der Waals surface area contributed by atoms with E-state index in [1.807, 2.05) is 36.4 Å². The van der Waals surface area contributed by atoms with Crippen molar-refractivity contribution >= 4 is 31.5 Å². The van der Waals surface area contributed by atoms with Gasteiger partial charge in [-0.05, 0) is 24.3 Å². The van der Waals surface area contributed by atoms with Gasteiger partial charge in [-0.3, -0.25) is 0 Å². The molecule has 2 aliphatic rings. The summed E-state index contributed by atoms with van der Waals surface area (Å²) in [6, 6.07) is 11.2. The van der Waals surface area contributed by atoms with Gasteiger partial charge in [-0.15, -0.1) is 11.3 Å². The lowest BCUT2D eigenvalue weighted by atomic mass is 9.95. The molecule has 10 nitrogen and oxygen atoms in total. The summed E-state index contributed by atoms with van der Waals surface area (Å²) >= 11 is 1.51. The first-order chi connectivity index (χ1) is 18.7.